The molecule has 2 aliphatic rings. The fourth-order valence-electron chi connectivity index (χ4n) is 4.21. The third-order valence-corrected chi connectivity index (χ3v) is 5.50. The zero-order valence-electron chi connectivity index (χ0n) is 12.3. The van der Waals surface area contributed by atoms with Crippen LogP contribution in [0.25, 0.3) is 0 Å². The van der Waals surface area contributed by atoms with Gasteiger partial charge in [-0.1, -0.05) is 13.8 Å². The lowest BCUT2D eigenvalue weighted by molar-refractivity contribution is -0.376. The third-order valence-electron chi connectivity index (χ3n) is 5.50. The van der Waals surface area contributed by atoms with Crippen LogP contribution in [0.2, 0.25) is 0 Å². The van der Waals surface area contributed by atoms with Gasteiger partial charge in [-0.05, 0) is 56.3 Å². The van der Waals surface area contributed by atoms with Gasteiger partial charge in [-0.3, -0.25) is 5.26 Å². The van der Waals surface area contributed by atoms with Gasteiger partial charge in [0.15, 0.2) is 0 Å². The smallest absolute Gasteiger partial charge is 0.133 e. The van der Waals surface area contributed by atoms with Crippen molar-refractivity contribution >= 4 is 0 Å². The zero-order valence-corrected chi connectivity index (χ0v) is 12.3. The van der Waals surface area contributed by atoms with E-state index >= 15 is 0 Å². The summed E-state index contributed by atoms with van der Waals surface area (Å²) in [5.74, 6) is 1.13. The summed E-state index contributed by atoms with van der Waals surface area (Å²) >= 11 is 0. The van der Waals surface area contributed by atoms with Crippen molar-refractivity contribution in [1.82, 2.24) is 0 Å². The summed E-state index contributed by atoms with van der Waals surface area (Å²) in [7, 11) is 0. The Morgan fingerprint density at radius 2 is 2.00 bits per heavy atom. The minimum absolute atomic E-state index is 0.124. The van der Waals surface area contributed by atoms with E-state index in [0.29, 0.717) is 18.4 Å². The normalized spacial score (nSPS) is 45.3. The fraction of sp³-hybridized carbons (Fsp3) is 1.00. The summed E-state index contributed by atoms with van der Waals surface area (Å²) in [6, 6.07) is 0. The molecule has 0 aromatic rings. The highest BCUT2D eigenvalue weighted by Crippen LogP contribution is 2.50. The molecule has 4 heteroatoms. The van der Waals surface area contributed by atoms with Gasteiger partial charge in [0.05, 0.1) is 12.7 Å². The maximum absolute atomic E-state index is 9.66. The van der Waals surface area contributed by atoms with E-state index in [4.69, 9.17) is 9.62 Å². The Hall–Kier alpha value is -0.160. The van der Waals surface area contributed by atoms with E-state index in [0.717, 1.165) is 25.7 Å². The molecule has 0 radical (unpaired) electrons. The molecule has 1 saturated carbocycles. The summed E-state index contributed by atoms with van der Waals surface area (Å²) < 4.78 is 5.87. The second kappa shape index (κ2) is 6.08. The maximum atomic E-state index is 9.66. The highest BCUT2D eigenvalue weighted by Gasteiger charge is 2.54. The number of fused-ring (bicyclic) bond motifs is 1. The fourth-order valence-corrected chi connectivity index (χ4v) is 4.21. The van der Waals surface area contributed by atoms with Crippen LogP contribution >= 0.6 is 0 Å². The van der Waals surface area contributed by atoms with Crippen molar-refractivity contribution in [2.75, 3.05) is 13.2 Å². The number of hydrogen-bond acceptors (Lipinski definition) is 4. The molecular formula is C15H28O4. The third kappa shape index (κ3) is 2.68. The number of ether oxygens (including phenoxy) is 1. The van der Waals surface area contributed by atoms with E-state index < -0.39 is 5.60 Å². The molecule has 0 amide bonds. The van der Waals surface area contributed by atoms with E-state index in [2.05, 4.69) is 13.8 Å². The molecular weight excluding hydrogens is 244 g/mol. The van der Waals surface area contributed by atoms with Gasteiger partial charge < -0.3 is 9.84 Å². The number of aliphatic hydroxyl groups is 1. The highest BCUT2D eigenvalue weighted by atomic mass is 17.1. The van der Waals surface area contributed by atoms with E-state index in [1.165, 1.54) is 0 Å². The van der Waals surface area contributed by atoms with Crippen LogP contribution in [-0.2, 0) is 9.62 Å². The van der Waals surface area contributed by atoms with Crippen LogP contribution in [-0.4, -0.2) is 35.3 Å². The van der Waals surface area contributed by atoms with Gasteiger partial charge in [0.1, 0.15) is 5.60 Å². The lowest BCUT2D eigenvalue weighted by atomic mass is 9.60. The second-order valence-electron chi connectivity index (χ2n) is 6.67. The molecule has 0 spiro atoms. The predicted octanol–water partition coefficient (Wildman–Crippen LogP) is 2.70. The topological polar surface area (TPSA) is 58.9 Å². The van der Waals surface area contributed by atoms with Gasteiger partial charge in [0.2, 0.25) is 0 Å². The zero-order chi connectivity index (χ0) is 14.0. The molecule has 4 nitrogen and oxygen atoms in total. The van der Waals surface area contributed by atoms with Crippen molar-refractivity contribution < 1.29 is 20.0 Å². The molecule has 2 fully saturated rings. The average molecular weight is 272 g/mol. The van der Waals surface area contributed by atoms with Gasteiger partial charge >= 0.3 is 0 Å². The Morgan fingerprint density at radius 1 is 1.26 bits per heavy atom. The number of hydrogen-bond donors (Lipinski definition) is 2. The molecule has 0 aromatic carbocycles. The molecule has 2 N–H and O–H groups in total. The molecule has 0 bridgehead atoms. The van der Waals surface area contributed by atoms with Crippen LogP contribution in [0.4, 0.5) is 0 Å². The van der Waals surface area contributed by atoms with E-state index in [1.54, 1.807) is 0 Å². The van der Waals surface area contributed by atoms with E-state index in [9.17, 15) is 10.4 Å². The average Bonchev–Trinajstić information content (AvgIpc) is 2.59. The van der Waals surface area contributed by atoms with Crippen LogP contribution in [0.15, 0.2) is 0 Å². The van der Waals surface area contributed by atoms with Crippen molar-refractivity contribution in [3.05, 3.63) is 0 Å². The number of aliphatic hydroxyl groups excluding tert-OH is 1. The lowest BCUT2D eigenvalue weighted by Crippen LogP contribution is -2.57. The largest absolute Gasteiger partial charge is 0.396 e. The number of rotatable bonds is 3. The van der Waals surface area contributed by atoms with Crippen LogP contribution < -0.4 is 0 Å². The Kier molecular flexibility index (Phi) is 4.88. The molecule has 1 aliphatic carbocycles. The highest BCUT2D eigenvalue weighted by molar-refractivity contribution is 5.02. The summed E-state index contributed by atoms with van der Waals surface area (Å²) in [6.07, 6.45) is 4.38. The lowest BCUT2D eigenvalue weighted by Gasteiger charge is -2.50. The first kappa shape index (κ1) is 15.2. The molecule has 1 unspecified atom stereocenters. The Morgan fingerprint density at radius 3 is 2.63 bits per heavy atom. The van der Waals surface area contributed by atoms with Crippen LogP contribution in [0.1, 0.15) is 46.5 Å². The molecule has 0 aromatic heterocycles. The standard InChI is InChI=1S/C15H28O4/c1-10-4-6-14(11(2)8-16)15(19-17)9-18-12(3)5-7-13(10)15/h10-14,16-17H,4-9H2,1-3H3/t10-,11+,12+,13?,14+,15-/m1/s1. The van der Waals surface area contributed by atoms with E-state index in [-0.39, 0.29) is 24.5 Å². The Labute approximate surface area is 116 Å². The van der Waals surface area contributed by atoms with Crippen molar-refractivity contribution in [3.63, 3.8) is 0 Å². The van der Waals surface area contributed by atoms with Crippen molar-refractivity contribution in [3.8, 4) is 0 Å². The first-order valence-electron chi connectivity index (χ1n) is 7.60. The van der Waals surface area contributed by atoms with Crippen molar-refractivity contribution in [2.45, 2.75) is 58.2 Å². The summed E-state index contributed by atoms with van der Waals surface area (Å²) in [6.45, 7) is 6.93. The van der Waals surface area contributed by atoms with Gasteiger partial charge in [-0.2, -0.15) is 0 Å². The van der Waals surface area contributed by atoms with Gasteiger partial charge in [0.25, 0.3) is 0 Å². The molecule has 2 rings (SSSR count). The maximum Gasteiger partial charge on any atom is 0.133 e. The molecule has 19 heavy (non-hydrogen) atoms. The van der Waals surface area contributed by atoms with Crippen molar-refractivity contribution in [2.24, 2.45) is 23.7 Å². The van der Waals surface area contributed by atoms with Gasteiger partial charge in [-0.25, -0.2) is 4.89 Å². The monoisotopic (exact) mass is 272 g/mol. The summed E-state index contributed by atoms with van der Waals surface area (Å²) in [4.78, 5) is 5.08. The first-order valence-corrected chi connectivity index (χ1v) is 7.60. The van der Waals surface area contributed by atoms with Crippen molar-refractivity contribution in [1.29, 1.82) is 0 Å². The van der Waals surface area contributed by atoms with Crippen LogP contribution in [0.5, 0.6) is 0 Å². The molecule has 1 aliphatic heterocycles. The molecule has 112 valence electrons. The quantitative estimate of drug-likeness (QED) is 0.612. The summed E-state index contributed by atoms with van der Waals surface area (Å²) in [5.41, 5.74) is -0.634. The predicted molar refractivity (Wildman–Crippen MR) is 72.7 cm³/mol. The van der Waals surface area contributed by atoms with E-state index in [1.807, 2.05) is 6.92 Å². The molecule has 6 atom stereocenters. The Balaban J connectivity index is 2.31. The van der Waals surface area contributed by atoms with Gasteiger partial charge in [0, 0.05) is 6.61 Å². The second-order valence-corrected chi connectivity index (χ2v) is 6.67. The van der Waals surface area contributed by atoms with Crippen LogP contribution in [0.3, 0.4) is 0 Å². The van der Waals surface area contributed by atoms with Crippen LogP contribution in [0, 0.1) is 23.7 Å². The molecule has 1 heterocycles. The van der Waals surface area contributed by atoms with Gasteiger partial charge in [-0.15, -0.1) is 0 Å². The summed E-state index contributed by atoms with van der Waals surface area (Å²) in [5, 5.41) is 19.2. The minimum atomic E-state index is -0.634. The minimum Gasteiger partial charge on any atom is -0.396 e. The first-order chi connectivity index (χ1) is 9.05. The molecule has 1 saturated heterocycles. The Bertz CT molecular complexity index is 288. The SMILES string of the molecule is C[C@@H]1CC[C@@H]([C@@H](C)CO)[C@@]2(OO)CO[C@@H](C)CCC12.